The van der Waals surface area contributed by atoms with Gasteiger partial charge in [0.25, 0.3) is 0 Å². The number of nitrogens with one attached hydrogen (secondary N) is 1. The van der Waals surface area contributed by atoms with Crippen LogP contribution in [0.3, 0.4) is 0 Å². The summed E-state index contributed by atoms with van der Waals surface area (Å²) in [6, 6.07) is 3.85. The summed E-state index contributed by atoms with van der Waals surface area (Å²) in [5.41, 5.74) is 3.48. The maximum absolute atomic E-state index is 13.0. The number of aromatic nitrogens is 6. The van der Waals surface area contributed by atoms with Crippen LogP contribution in [0.4, 0.5) is 5.95 Å². The average molecular weight is 605 g/mol. The Hall–Kier alpha value is -3.73. The lowest BCUT2D eigenvalue weighted by Gasteiger charge is -2.45. The minimum atomic E-state index is -0.651. The zero-order chi connectivity index (χ0) is 29.8. The molecule has 5 heterocycles. The summed E-state index contributed by atoms with van der Waals surface area (Å²) in [5, 5.41) is 4.40. The van der Waals surface area contributed by atoms with E-state index in [4.69, 9.17) is 26.1 Å². The van der Waals surface area contributed by atoms with Gasteiger partial charge in [-0.25, -0.2) is 14.8 Å². The maximum atomic E-state index is 13.0. The van der Waals surface area contributed by atoms with Crippen LogP contribution in [0.2, 0.25) is 5.02 Å². The second kappa shape index (κ2) is 11.1. The Morgan fingerprint density at radius 3 is 2.42 bits per heavy atom. The number of H-pyrrole nitrogens is 1. The van der Waals surface area contributed by atoms with Crippen LogP contribution in [0, 0.1) is 17.8 Å². The maximum Gasteiger partial charge on any atom is 0.439 e. The van der Waals surface area contributed by atoms with E-state index in [9.17, 15) is 9.59 Å². The first kappa shape index (κ1) is 28.1. The predicted molar refractivity (Wildman–Crippen MR) is 164 cm³/mol. The Kier molecular flexibility index (Phi) is 7.23. The summed E-state index contributed by atoms with van der Waals surface area (Å²) < 4.78 is 7.14. The summed E-state index contributed by atoms with van der Waals surface area (Å²) in [5.74, 6) is 2.19. The zero-order valence-electron chi connectivity index (χ0n) is 24.8. The van der Waals surface area contributed by atoms with E-state index in [1.807, 2.05) is 17.0 Å². The molecule has 0 unspecified atom stereocenters. The van der Waals surface area contributed by atoms with Crippen LogP contribution < -0.4 is 10.7 Å². The summed E-state index contributed by atoms with van der Waals surface area (Å²) in [4.78, 5) is 46.5. The number of carbonyl (C=O) groups excluding carboxylic acids is 1. The molecule has 0 bridgehead atoms. The smallest absolute Gasteiger partial charge is 0.338 e. The van der Waals surface area contributed by atoms with Crippen molar-refractivity contribution in [2.45, 2.75) is 77.9 Å². The molecule has 11 nitrogen and oxygen atoms in total. The number of piperazine rings is 1. The average Bonchev–Trinajstić information content (AvgIpc) is 3.65. The van der Waals surface area contributed by atoms with Gasteiger partial charge < -0.3 is 14.4 Å². The van der Waals surface area contributed by atoms with Crippen molar-refractivity contribution in [1.82, 2.24) is 34.6 Å². The quantitative estimate of drug-likeness (QED) is 0.320. The minimum absolute atomic E-state index is 0.0731. The summed E-state index contributed by atoms with van der Waals surface area (Å²) in [7, 11) is 0. The Bertz CT molecular complexity index is 1710. The van der Waals surface area contributed by atoms with E-state index in [-0.39, 0.29) is 29.7 Å². The monoisotopic (exact) mass is 604 g/mol. The minimum Gasteiger partial charge on any atom is -0.338 e. The first-order valence-electron chi connectivity index (χ1n) is 15.4. The van der Waals surface area contributed by atoms with Crippen molar-refractivity contribution in [1.29, 1.82) is 0 Å². The fraction of sp³-hybridized carbons (Fsp3) is 0.548. The van der Waals surface area contributed by atoms with Gasteiger partial charge in [0.05, 0.1) is 21.7 Å². The lowest BCUT2D eigenvalue weighted by Crippen LogP contribution is -2.59. The molecular weight excluding hydrogens is 568 g/mol. The molecule has 0 radical (unpaired) electrons. The molecule has 226 valence electrons. The number of nitrogens with zero attached hydrogens (tertiary/aromatic N) is 7. The molecule has 4 aromatic heterocycles. The van der Waals surface area contributed by atoms with Gasteiger partial charge in [-0.2, -0.15) is 0 Å². The molecule has 12 heteroatoms. The van der Waals surface area contributed by atoms with Crippen LogP contribution in [0.1, 0.15) is 59.3 Å². The molecule has 1 N–H and O–H groups in total. The van der Waals surface area contributed by atoms with Crippen LogP contribution in [0.25, 0.3) is 33.8 Å². The third kappa shape index (κ3) is 5.43. The number of amides is 1. The van der Waals surface area contributed by atoms with E-state index in [0.717, 1.165) is 60.7 Å². The molecule has 7 rings (SSSR count). The SMILES string of the molecule is CC1CCC(Cn2c(N3[C@@H](C)CN(C(=O)C4CC4)C[C@@H]3C)nc3cc(-c4noc(=O)[nH]4)nc(-c4cncc(Cl)c4)c32)CC1. The predicted octanol–water partition coefficient (Wildman–Crippen LogP) is 5.15. The molecule has 1 aliphatic heterocycles. The van der Waals surface area contributed by atoms with Crippen LogP contribution in [0.15, 0.2) is 33.8 Å². The summed E-state index contributed by atoms with van der Waals surface area (Å²) in [6.45, 7) is 8.84. The van der Waals surface area contributed by atoms with E-state index in [2.05, 4.69) is 45.4 Å². The van der Waals surface area contributed by atoms with Crippen LogP contribution in [-0.4, -0.2) is 65.6 Å². The standard InChI is InChI=1S/C31H37ClN8O3/c1-17-4-6-20(7-5-17)16-39-27-24(35-30(39)40-18(2)14-38(15-19(40)3)29(41)21-8-9-21)11-25(28-36-31(42)43-37-28)34-26(27)22-10-23(32)13-33-12-22/h10-13,17-21H,4-9,14-16H2,1-3H3,(H,36,37,42)/t17?,18-,19-,20?/m0/s1. The van der Waals surface area contributed by atoms with Crippen molar-refractivity contribution in [3.8, 4) is 22.8 Å². The van der Waals surface area contributed by atoms with Gasteiger partial charge in [-0.05, 0) is 63.5 Å². The number of hydrogen-bond donors (Lipinski definition) is 1. The highest BCUT2D eigenvalue weighted by atomic mass is 35.5. The normalized spacial score (nSPS) is 24.6. The molecule has 43 heavy (non-hydrogen) atoms. The Balaban J connectivity index is 1.39. The van der Waals surface area contributed by atoms with E-state index in [1.165, 1.54) is 12.8 Å². The van der Waals surface area contributed by atoms with E-state index < -0.39 is 5.76 Å². The lowest BCUT2D eigenvalue weighted by atomic mass is 9.83. The van der Waals surface area contributed by atoms with Gasteiger partial charge in [0.2, 0.25) is 17.7 Å². The molecular formula is C31H37ClN8O3. The highest BCUT2D eigenvalue weighted by molar-refractivity contribution is 6.30. The van der Waals surface area contributed by atoms with Gasteiger partial charge in [-0.1, -0.05) is 36.5 Å². The molecule has 2 saturated carbocycles. The van der Waals surface area contributed by atoms with Crippen molar-refractivity contribution in [3.63, 3.8) is 0 Å². The Morgan fingerprint density at radius 2 is 1.77 bits per heavy atom. The van der Waals surface area contributed by atoms with Crippen molar-refractivity contribution in [2.24, 2.45) is 17.8 Å². The van der Waals surface area contributed by atoms with Crippen LogP contribution in [0.5, 0.6) is 0 Å². The topological polar surface area (TPSA) is 126 Å². The highest BCUT2D eigenvalue weighted by Crippen LogP contribution is 2.39. The van der Waals surface area contributed by atoms with E-state index in [0.29, 0.717) is 35.4 Å². The lowest BCUT2D eigenvalue weighted by molar-refractivity contribution is -0.133. The second-order valence-electron chi connectivity index (χ2n) is 12.8. The fourth-order valence-electron chi connectivity index (χ4n) is 6.97. The van der Waals surface area contributed by atoms with Crippen molar-refractivity contribution in [2.75, 3.05) is 18.0 Å². The number of pyridine rings is 2. The first-order valence-corrected chi connectivity index (χ1v) is 15.8. The molecule has 2 atom stereocenters. The fourth-order valence-corrected chi connectivity index (χ4v) is 7.15. The molecule has 1 amide bonds. The number of imidazole rings is 1. The largest absolute Gasteiger partial charge is 0.439 e. The number of fused-ring (bicyclic) bond motifs is 1. The molecule has 4 aromatic rings. The van der Waals surface area contributed by atoms with E-state index in [1.54, 1.807) is 12.4 Å². The van der Waals surface area contributed by atoms with Gasteiger partial charge in [0, 0.05) is 55.6 Å². The van der Waals surface area contributed by atoms with Gasteiger partial charge in [-0.15, -0.1) is 0 Å². The number of hydrogen-bond acceptors (Lipinski definition) is 8. The third-order valence-corrected chi connectivity index (χ3v) is 9.54. The Labute approximate surface area is 254 Å². The number of aromatic amines is 1. The van der Waals surface area contributed by atoms with Crippen LogP contribution >= 0.6 is 11.6 Å². The number of anilines is 1. The van der Waals surface area contributed by atoms with E-state index >= 15 is 0 Å². The van der Waals surface area contributed by atoms with Gasteiger partial charge >= 0.3 is 5.76 Å². The number of rotatable bonds is 6. The third-order valence-electron chi connectivity index (χ3n) is 9.33. The van der Waals surface area contributed by atoms with Crippen molar-refractivity contribution in [3.05, 3.63) is 40.1 Å². The second-order valence-corrected chi connectivity index (χ2v) is 13.3. The molecule has 0 aromatic carbocycles. The highest BCUT2D eigenvalue weighted by Gasteiger charge is 2.40. The Morgan fingerprint density at radius 1 is 1.02 bits per heavy atom. The van der Waals surface area contributed by atoms with Gasteiger partial charge in [0.15, 0.2) is 0 Å². The van der Waals surface area contributed by atoms with Crippen molar-refractivity contribution < 1.29 is 9.32 Å². The molecule has 2 aliphatic carbocycles. The van der Waals surface area contributed by atoms with Crippen molar-refractivity contribution >= 4 is 34.5 Å². The number of halogens is 1. The van der Waals surface area contributed by atoms with Gasteiger partial charge in [0.1, 0.15) is 5.69 Å². The van der Waals surface area contributed by atoms with Gasteiger partial charge in [-0.3, -0.25) is 19.3 Å². The molecule has 3 aliphatic rings. The number of carbonyl (C=O) groups is 1. The molecule has 0 spiro atoms. The zero-order valence-corrected chi connectivity index (χ0v) is 25.5. The first-order chi connectivity index (χ1) is 20.7. The van der Waals surface area contributed by atoms with Crippen LogP contribution in [-0.2, 0) is 11.3 Å². The summed E-state index contributed by atoms with van der Waals surface area (Å²) >= 11 is 6.42. The summed E-state index contributed by atoms with van der Waals surface area (Å²) in [6.07, 6.45) is 10.1. The molecule has 1 saturated heterocycles. The molecule has 3 fully saturated rings.